The van der Waals surface area contributed by atoms with Crippen LogP contribution in [0.1, 0.15) is 18.4 Å². The van der Waals surface area contributed by atoms with Gasteiger partial charge in [0.15, 0.2) is 0 Å². The Hall–Kier alpha value is -2.56. The summed E-state index contributed by atoms with van der Waals surface area (Å²) < 4.78 is 5.31. The number of aliphatic carboxylic acids is 1. The van der Waals surface area contributed by atoms with Gasteiger partial charge in [-0.1, -0.05) is 24.3 Å². The summed E-state index contributed by atoms with van der Waals surface area (Å²) in [6.45, 7) is 0.915. The summed E-state index contributed by atoms with van der Waals surface area (Å²) in [5.74, 6) is 0.180. The van der Waals surface area contributed by atoms with Crippen molar-refractivity contribution in [3.8, 4) is 5.75 Å². The maximum absolute atomic E-state index is 12.9. The van der Waals surface area contributed by atoms with Crippen molar-refractivity contribution in [3.05, 3.63) is 42.0 Å². The van der Waals surface area contributed by atoms with Crippen LogP contribution in [0.2, 0.25) is 0 Å². The molecule has 1 saturated heterocycles. The smallest absolute Gasteiger partial charge is 0.308 e. The first-order valence-electron chi connectivity index (χ1n) is 9.13. The fourth-order valence-electron chi connectivity index (χ4n) is 4.17. The topological polar surface area (TPSA) is 66.8 Å². The Bertz CT molecular complexity index is 858. The van der Waals surface area contributed by atoms with Crippen molar-refractivity contribution in [2.24, 2.45) is 17.8 Å². The third kappa shape index (κ3) is 3.14. The largest absolute Gasteiger partial charge is 0.497 e. The molecule has 2 atom stereocenters. The summed E-state index contributed by atoms with van der Waals surface area (Å²) in [5, 5.41) is 11.6. The van der Waals surface area contributed by atoms with Gasteiger partial charge in [-0.25, -0.2) is 0 Å². The molecule has 2 fully saturated rings. The third-order valence-electron chi connectivity index (χ3n) is 5.78. The van der Waals surface area contributed by atoms with E-state index in [1.165, 1.54) is 0 Å². The zero-order chi connectivity index (χ0) is 18.3. The summed E-state index contributed by atoms with van der Waals surface area (Å²) >= 11 is 0. The van der Waals surface area contributed by atoms with E-state index in [9.17, 15) is 14.7 Å². The minimum Gasteiger partial charge on any atom is -0.497 e. The molecule has 1 saturated carbocycles. The molecule has 1 amide bonds. The highest BCUT2D eigenvalue weighted by molar-refractivity contribution is 5.91. The van der Waals surface area contributed by atoms with E-state index in [2.05, 4.69) is 0 Å². The van der Waals surface area contributed by atoms with Crippen LogP contribution in [0.4, 0.5) is 0 Å². The van der Waals surface area contributed by atoms with Crippen LogP contribution in [0.5, 0.6) is 5.75 Å². The van der Waals surface area contributed by atoms with Crippen molar-refractivity contribution in [1.29, 1.82) is 0 Å². The zero-order valence-electron chi connectivity index (χ0n) is 14.9. The van der Waals surface area contributed by atoms with Gasteiger partial charge in [0.2, 0.25) is 5.91 Å². The number of rotatable bonds is 5. The highest BCUT2D eigenvalue weighted by Gasteiger charge is 2.46. The second-order valence-electron chi connectivity index (χ2n) is 7.43. The van der Waals surface area contributed by atoms with Gasteiger partial charge in [-0.3, -0.25) is 9.59 Å². The molecule has 136 valence electrons. The monoisotopic (exact) mass is 353 g/mol. The van der Waals surface area contributed by atoms with E-state index in [1.807, 2.05) is 36.4 Å². The predicted molar refractivity (Wildman–Crippen MR) is 98.1 cm³/mol. The highest BCUT2D eigenvalue weighted by Crippen LogP contribution is 2.44. The first-order valence-corrected chi connectivity index (χ1v) is 9.13. The quantitative estimate of drug-likeness (QED) is 0.897. The molecule has 0 unspecified atom stereocenters. The average Bonchev–Trinajstić information content (AvgIpc) is 3.39. The van der Waals surface area contributed by atoms with Gasteiger partial charge in [0.1, 0.15) is 5.75 Å². The second-order valence-corrected chi connectivity index (χ2v) is 7.43. The normalized spacial score (nSPS) is 22.6. The predicted octanol–water partition coefficient (Wildman–Crippen LogP) is 2.96. The summed E-state index contributed by atoms with van der Waals surface area (Å²) in [7, 11) is 1.63. The number of amides is 1. The number of benzene rings is 2. The molecular formula is C21H23NO4. The summed E-state index contributed by atoms with van der Waals surface area (Å²) in [4.78, 5) is 26.2. The maximum Gasteiger partial charge on any atom is 0.308 e. The molecule has 0 spiro atoms. The molecule has 0 bridgehead atoms. The van der Waals surface area contributed by atoms with E-state index >= 15 is 0 Å². The molecule has 1 N–H and O–H groups in total. The van der Waals surface area contributed by atoms with Crippen LogP contribution in [-0.2, 0) is 16.0 Å². The number of likely N-dealkylation sites (tertiary alicyclic amines) is 1. The number of nitrogens with zero attached hydrogens (tertiary/aromatic N) is 1. The molecule has 26 heavy (non-hydrogen) atoms. The lowest BCUT2D eigenvalue weighted by molar-refractivity contribution is -0.142. The van der Waals surface area contributed by atoms with Gasteiger partial charge in [0.05, 0.1) is 19.4 Å². The van der Waals surface area contributed by atoms with Crippen LogP contribution >= 0.6 is 0 Å². The van der Waals surface area contributed by atoms with E-state index in [-0.39, 0.29) is 18.2 Å². The Labute approximate surface area is 152 Å². The fourth-order valence-corrected chi connectivity index (χ4v) is 4.17. The van der Waals surface area contributed by atoms with Gasteiger partial charge >= 0.3 is 5.97 Å². The molecule has 4 rings (SSSR count). The number of hydrogen-bond acceptors (Lipinski definition) is 3. The van der Waals surface area contributed by atoms with Crippen molar-refractivity contribution in [2.45, 2.75) is 19.3 Å². The Morgan fingerprint density at radius 3 is 2.69 bits per heavy atom. The van der Waals surface area contributed by atoms with Crippen LogP contribution in [0.15, 0.2) is 36.4 Å². The highest BCUT2D eigenvalue weighted by atomic mass is 16.5. The molecule has 5 heteroatoms. The molecule has 0 aromatic heterocycles. The Balaban J connectivity index is 1.55. The molecule has 2 aromatic rings. The zero-order valence-corrected chi connectivity index (χ0v) is 14.9. The first kappa shape index (κ1) is 16.9. The van der Waals surface area contributed by atoms with Crippen LogP contribution in [-0.4, -0.2) is 42.1 Å². The average molecular weight is 353 g/mol. The van der Waals surface area contributed by atoms with Gasteiger partial charge in [-0.15, -0.1) is 0 Å². The van der Waals surface area contributed by atoms with Crippen LogP contribution in [0.25, 0.3) is 10.8 Å². The lowest BCUT2D eigenvalue weighted by Crippen LogP contribution is -2.31. The van der Waals surface area contributed by atoms with Gasteiger partial charge in [0, 0.05) is 13.1 Å². The number of methoxy groups -OCH3 is 1. The minimum absolute atomic E-state index is 0.00900. The molecule has 2 aromatic carbocycles. The number of carboxylic acids is 1. The summed E-state index contributed by atoms with van der Waals surface area (Å²) in [5.41, 5.74) is 0.952. The van der Waals surface area contributed by atoms with E-state index < -0.39 is 11.9 Å². The molecule has 0 radical (unpaired) electrons. The number of fused-ring (bicyclic) bond motifs is 1. The lowest BCUT2D eigenvalue weighted by Gasteiger charge is -2.17. The van der Waals surface area contributed by atoms with Crippen molar-refractivity contribution in [1.82, 2.24) is 4.90 Å². The second kappa shape index (κ2) is 6.63. The van der Waals surface area contributed by atoms with Crippen molar-refractivity contribution in [3.63, 3.8) is 0 Å². The van der Waals surface area contributed by atoms with Crippen LogP contribution < -0.4 is 4.74 Å². The van der Waals surface area contributed by atoms with Gasteiger partial charge in [0.25, 0.3) is 0 Å². The standard InChI is InChI=1S/C21H23NO4/c1-26-16-8-7-13-3-2-4-15(17(13)10-16)9-20(23)22-11-18(14-5-6-14)19(12-22)21(24)25/h2-4,7-8,10,14,18-19H,5-6,9,11-12H2,1H3,(H,24,25)/t18-,19+/m1/s1. The van der Waals surface area contributed by atoms with Crippen molar-refractivity contribution in [2.75, 3.05) is 20.2 Å². The summed E-state index contributed by atoms with van der Waals surface area (Å²) in [6.07, 6.45) is 2.48. The molecule has 1 aliphatic carbocycles. The maximum atomic E-state index is 12.9. The molecule has 5 nitrogen and oxygen atoms in total. The van der Waals surface area contributed by atoms with E-state index in [1.54, 1.807) is 12.0 Å². The molecule has 2 aliphatic rings. The Morgan fingerprint density at radius 2 is 2.00 bits per heavy atom. The fraction of sp³-hybridized carbons (Fsp3) is 0.429. The Morgan fingerprint density at radius 1 is 1.19 bits per heavy atom. The number of carboxylic acid groups (broad SMARTS) is 1. The van der Waals surface area contributed by atoms with E-state index in [4.69, 9.17) is 4.74 Å². The SMILES string of the molecule is COc1ccc2cccc(CC(=O)N3C[C@H](C(=O)O)[C@@H](C4CC4)C3)c2c1. The molecule has 1 heterocycles. The van der Waals surface area contributed by atoms with Crippen LogP contribution in [0.3, 0.4) is 0 Å². The van der Waals surface area contributed by atoms with Gasteiger partial charge < -0.3 is 14.7 Å². The number of carbonyl (C=O) groups excluding carboxylic acids is 1. The Kier molecular flexibility index (Phi) is 4.31. The first-order chi connectivity index (χ1) is 12.6. The number of carbonyl (C=O) groups is 2. The lowest BCUT2D eigenvalue weighted by atomic mass is 9.92. The molecule has 1 aliphatic heterocycles. The summed E-state index contributed by atoms with van der Waals surface area (Å²) in [6, 6.07) is 11.8. The van der Waals surface area contributed by atoms with Gasteiger partial charge in [-0.2, -0.15) is 0 Å². The third-order valence-corrected chi connectivity index (χ3v) is 5.78. The number of hydrogen-bond donors (Lipinski definition) is 1. The van der Waals surface area contributed by atoms with E-state index in [0.29, 0.717) is 19.0 Å². The van der Waals surface area contributed by atoms with Crippen molar-refractivity contribution < 1.29 is 19.4 Å². The minimum atomic E-state index is -0.771. The van der Waals surface area contributed by atoms with Crippen molar-refractivity contribution >= 4 is 22.6 Å². The van der Waals surface area contributed by atoms with Gasteiger partial charge in [-0.05, 0) is 53.1 Å². The molecular weight excluding hydrogens is 330 g/mol. The van der Waals surface area contributed by atoms with Crippen LogP contribution in [0, 0.1) is 17.8 Å². The number of ether oxygens (including phenoxy) is 1. The van der Waals surface area contributed by atoms with E-state index in [0.717, 1.165) is 34.9 Å².